The van der Waals surface area contributed by atoms with Crippen LogP contribution in [0, 0.1) is 0 Å². The number of pyridine rings is 1. The molecule has 0 radical (unpaired) electrons. The number of hydrogen-bond donors (Lipinski definition) is 2. The Hall–Kier alpha value is -1.49. The van der Waals surface area contributed by atoms with Crippen LogP contribution >= 0.6 is 0 Å². The van der Waals surface area contributed by atoms with E-state index in [1.165, 1.54) is 0 Å². The molecule has 5 nitrogen and oxygen atoms in total. The van der Waals surface area contributed by atoms with Gasteiger partial charge in [-0.1, -0.05) is 0 Å². The molecule has 1 aromatic rings. The van der Waals surface area contributed by atoms with Crippen molar-refractivity contribution in [3.8, 4) is 5.88 Å². The van der Waals surface area contributed by atoms with Crippen molar-refractivity contribution in [2.75, 3.05) is 30.8 Å². The van der Waals surface area contributed by atoms with Gasteiger partial charge in [0.05, 0.1) is 18.4 Å². The highest BCUT2D eigenvalue weighted by atomic mass is 16.5. The topological polar surface area (TPSA) is 69.4 Å². The highest BCUT2D eigenvalue weighted by Crippen LogP contribution is 2.21. The van der Waals surface area contributed by atoms with Crippen LogP contribution < -0.4 is 15.8 Å². The lowest BCUT2D eigenvalue weighted by molar-refractivity contribution is 0.120. The number of nitrogens with two attached hydrogens (primary N) is 1. The molecule has 0 spiro atoms. The summed E-state index contributed by atoms with van der Waals surface area (Å²) in [6.45, 7) is 4.12. The molecule has 2 rings (SSSR count). The number of aromatic nitrogens is 1. The Labute approximate surface area is 101 Å². The highest BCUT2D eigenvalue weighted by Gasteiger charge is 2.15. The number of ether oxygens (including phenoxy) is 2. The minimum absolute atomic E-state index is 0.296. The SMILES string of the molecule is CCOc1nc(NCC2CCCO2)ccc1N. The Balaban J connectivity index is 1.93. The van der Waals surface area contributed by atoms with Crippen LogP contribution in [0.1, 0.15) is 19.8 Å². The molecule has 17 heavy (non-hydrogen) atoms. The molecule has 1 unspecified atom stereocenters. The molecule has 0 aliphatic carbocycles. The third kappa shape index (κ3) is 3.23. The molecular weight excluding hydrogens is 218 g/mol. The molecule has 0 saturated carbocycles. The lowest BCUT2D eigenvalue weighted by atomic mass is 10.2. The van der Waals surface area contributed by atoms with Crippen molar-refractivity contribution in [1.82, 2.24) is 4.98 Å². The Kier molecular flexibility index (Phi) is 4.03. The van der Waals surface area contributed by atoms with E-state index in [9.17, 15) is 0 Å². The predicted octanol–water partition coefficient (Wildman–Crippen LogP) is 1.65. The summed E-state index contributed by atoms with van der Waals surface area (Å²) in [6, 6.07) is 3.66. The fourth-order valence-electron chi connectivity index (χ4n) is 1.83. The van der Waals surface area contributed by atoms with Gasteiger partial charge in [-0.05, 0) is 31.9 Å². The molecule has 1 fully saturated rings. The van der Waals surface area contributed by atoms with Crippen LogP contribution in [0.2, 0.25) is 0 Å². The van der Waals surface area contributed by atoms with Crippen LogP contribution in [0.15, 0.2) is 12.1 Å². The second-order valence-corrected chi connectivity index (χ2v) is 4.04. The van der Waals surface area contributed by atoms with Gasteiger partial charge in [0.15, 0.2) is 0 Å². The summed E-state index contributed by atoms with van der Waals surface area (Å²) in [6.07, 6.45) is 2.55. The number of nitrogens with one attached hydrogen (secondary N) is 1. The number of hydrogen-bond acceptors (Lipinski definition) is 5. The molecular formula is C12H19N3O2. The number of nitrogen functional groups attached to an aromatic ring is 1. The average Bonchev–Trinajstić information content (AvgIpc) is 2.83. The molecule has 0 aromatic carbocycles. The van der Waals surface area contributed by atoms with Gasteiger partial charge in [-0.3, -0.25) is 0 Å². The molecule has 0 amide bonds. The summed E-state index contributed by atoms with van der Waals surface area (Å²) in [5, 5.41) is 3.24. The van der Waals surface area contributed by atoms with Crippen LogP contribution in [0.3, 0.4) is 0 Å². The summed E-state index contributed by atoms with van der Waals surface area (Å²) >= 11 is 0. The fraction of sp³-hybridized carbons (Fsp3) is 0.583. The standard InChI is InChI=1S/C12H19N3O2/c1-2-16-12-10(13)5-6-11(15-12)14-8-9-4-3-7-17-9/h5-6,9H,2-4,7-8,13H2,1H3,(H,14,15). The fourth-order valence-corrected chi connectivity index (χ4v) is 1.83. The Morgan fingerprint density at radius 3 is 3.18 bits per heavy atom. The first-order chi connectivity index (χ1) is 8.29. The normalized spacial score (nSPS) is 19.2. The lowest BCUT2D eigenvalue weighted by Crippen LogP contribution is -2.19. The largest absolute Gasteiger partial charge is 0.476 e. The van der Waals surface area contributed by atoms with E-state index in [0.717, 1.165) is 31.8 Å². The monoisotopic (exact) mass is 237 g/mol. The summed E-state index contributed by atoms with van der Waals surface area (Å²) in [4.78, 5) is 4.31. The summed E-state index contributed by atoms with van der Waals surface area (Å²) < 4.78 is 10.9. The second-order valence-electron chi connectivity index (χ2n) is 4.04. The first kappa shape index (κ1) is 12.0. The van der Waals surface area contributed by atoms with Gasteiger partial charge < -0.3 is 20.5 Å². The summed E-state index contributed by atoms with van der Waals surface area (Å²) in [5.41, 5.74) is 6.32. The van der Waals surface area contributed by atoms with Gasteiger partial charge in [0, 0.05) is 13.2 Å². The van der Waals surface area contributed by atoms with Gasteiger partial charge in [-0.15, -0.1) is 0 Å². The minimum atomic E-state index is 0.296. The van der Waals surface area contributed by atoms with E-state index < -0.39 is 0 Å². The van der Waals surface area contributed by atoms with Crippen LogP contribution in [-0.2, 0) is 4.74 Å². The molecule has 1 aliphatic rings. The first-order valence-electron chi connectivity index (χ1n) is 6.04. The van der Waals surface area contributed by atoms with E-state index in [1.807, 2.05) is 13.0 Å². The van der Waals surface area contributed by atoms with Gasteiger partial charge >= 0.3 is 0 Å². The van der Waals surface area contributed by atoms with Crippen LogP contribution in [0.25, 0.3) is 0 Å². The Morgan fingerprint density at radius 2 is 2.47 bits per heavy atom. The van der Waals surface area contributed by atoms with E-state index in [4.69, 9.17) is 15.2 Å². The zero-order valence-corrected chi connectivity index (χ0v) is 10.1. The number of rotatable bonds is 5. The lowest BCUT2D eigenvalue weighted by Gasteiger charge is -2.12. The molecule has 1 atom stereocenters. The van der Waals surface area contributed by atoms with Crippen molar-refractivity contribution in [3.63, 3.8) is 0 Å². The summed E-state index contributed by atoms with van der Waals surface area (Å²) in [5.74, 6) is 1.27. The van der Waals surface area contributed by atoms with Crippen molar-refractivity contribution in [2.24, 2.45) is 0 Å². The number of anilines is 2. The first-order valence-corrected chi connectivity index (χ1v) is 6.04. The average molecular weight is 237 g/mol. The van der Waals surface area contributed by atoms with Crippen molar-refractivity contribution in [3.05, 3.63) is 12.1 Å². The van der Waals surface area contributed by atoms with Crippen molar-refractivity contribution in [2.45, 2.75) is 25.9 Å². The molecule has 5 heteroatoms. The molecule has 2 heterocycles. The van der Waals surface area contributed by atoms with Crippen LogP contribution in [-0.4, -0.2) is 30.8 Å². The maximum Gasteiger partial charge on any atom is 0.239 e. The van der Waals surface area contributed by atoms with Crippen molar-refractivity contribution >= 4 is 11.5 Å². The van der Waals surface area contributed by atoms with Crippen LogP contribution in [0.5, 0.6) is 5.88 Å². The molecule has 1 aromatic heterocycles. The smallest absolute Gasteiger partial charge is 0.239 e. The predicted molar refractivity (Wildman–Crippen MR) is 67.3 cm³/mol. The third-order valence-corrected chi connectivity index (χ3v) is 2.71. The van der Waals surface area contributed by atoms with E-state index in [1.54, 1.807) is 6.07 Å². The van der Waals surface area contributed by atoms with Gasteiger partial charge in [0.2, 0.25) is 5.88 Å². The minimum Gasteiger partial charge on any atom is -0.476 e. The Morgan fingerprint density at radius 1 is 1.59 bits per heavy atom. The van der Waals surface area contributed by atoms with E-state index in [0.29, 0.717) is 24.3 Å². The zero-order chi connectivity index (χ0) is 12.1. The quantitative estimate of drug-likeness (QED) is 0.815. The molecule has 94 valence electrons. The van der Waals surface area contributed by atoms with Crippen molar-refractivity contribution in [1.29, 1.82) is 0 Å². The van der Waals surface area contributed by atoms with Gasteiger partial charge in [0.1, 0.15) is 5.82 Å². The second kappa shape index (κ2) is 5.72. The van der Waals surface area contributed by atoms with E-state index in [2.05, 4.69) is 10.3 Å². The Bertz CT molecular complexity index is 365. The highest BCUT2D eigenvalue weighted by molar-refractivity contribution is 5.53. The molecule has 3 N–H and O–H groups in total. The molecule has 1 saturated heterocycles. The molecule has 1 aliphatic heterocycles. The summed E-state index contributed by atoms with van der Waals surface area (Å²) in [7, 11) is 0. The van der Waals surface area contributed by atoms with E-state index in [-0.39, 0.29) is 0 Å². The van der Waals surface area contributed by atoms with Crippen LogP contribution in [0.4, 0.5) is 11.5 Å². The van der Waals surface area contributed by atoms with Crippen molar-refractivity contribution < 1.29 is 9.47 Å². The molecule has 0 bridgehead atoms. The van der Waals surface area contributed by atoms with Gasteiger partial charge in [0.25, 0.3) is 0 Å². The van der Waals surface area contributed by atoms with E-state index >= 15 is 0 Å². The number of nitrogens with zero attached hydrogens (tertiary/aromatic N) is 1. The maximum absolute atomic E-state index is 5.75. The maximum atomic E-state index is 5.75. The zero-order valence-electron chi connectivity index (χ0n) is 10.1. The third-order valence-electron chi connectivity index (χ3n) is 2.71. The van der Waals surface area contributed by atoms with Gasteiger partial charge in [-0.25, -0.2) is 0 Å². The van der Waals surface area contributed by atoms with Gasteiger partial charge in [-0.2, -0.15) is 4.98 Å².